The van der Waals surface area contributed by atoms with E-state index in [4.69, 9.17) is 19.0 Å². The molecule has 0 spiro atoms. The molecule has 1 aromatic heterocycles. The lowest BCUT2D eigenvalue weighted by Crippen LogP contribution is -2.65. The van der Waals surface area contributed by atoms with Gasteiger partial charge in [-0.15, -0.1) is 5.06 Å². The van der Waals surface area contributed by atoms with E-state index in [9.17, 15) is 24.3 Å². The van der Waals surface area contributed by atoms with Crippen molar-refractivity contribution in [1.29, 1.82) is 0 Å². The quantitative estimate of drug-likeness (QED) is 0.298. The van der Waals surface area contributed by atoms with Crippen molar-refractivity contribution in [2.75, 3.05) is 19.7 Å². The first-order valence-electron chi connectivity index (χ1n) is 14.2. The van der Waals surface area contributed by atoms with E-state index in [1.54, 1.807) is 82.8 Å². The Balaban J connectivity index is 1.25. The lowest BCUT2D eigenvalue weighted by molar-refractivity contribution is -0.193. The number of amides is 3. The molecule has 44 heavy (non-hydrogen) atoms. The van der Waals surface area contributed by atoms with Crippen molar-refractivity contribution >= 4 is 34.8 Å². The highest BCUT2D eigenvalue weighted by atomic mass is 16.7. The number of hydroxylamine groups is 2. The highest BCUT2D eigenvalue weighted by molar-refractivity contribution is 6.20. The number of carbonyl (C=O) groups excluding carboxylic acids is 4. The maximum absolute atomic E-state index is 13.0. The molecule has 3 heterocycles. The normalized spacial score (nSPS) is 16.9. The number of carbonyl (C=O) groups is 4. The van der Waals surface area contributed by atoms with E-state index < -0.39 is 46.8 Å². The average Bonchev–Trinajstić information content (AvgIpc) is 3.40. The molecule has 0 unspecified atom stereocenters. The number of rotatable bonds is 8. The number of aromatic nitrogens is 2. The minimum absolute atomic E-state index is 0.117. The summed E-state index contributed by atoms with van der Waals surface area (Å²) in [7, 11) is 0. The molecule has 13 heteroatoms. The van der Waals surface area contributed by atoms with Gasteiger partial charge in [-0.05, 0) is 71.9 Å². The summed E-state index contributed by atoms with van der Waals surface area (Å²) in [5.41, 5.74) is -1.66. The fraction of sp³-hybridized carbons (Fsp3) is 0.452. The molecule has 0 radical (unpaired) electrons. The van der Waals surface area contributed by atoms with Gasteiger partial charge in [-0.3, -0.25) is 14.3 Å². The molecule has 2 aliphatic rings. The first-order valence-corrected chi connectivity index (χ1v) is 14.2. The van der Waals surface area contributed by atoms with Gasteiger partial charge in [0.05, 0.1) is 36.3 Å². The molecule has 3 amide bonds. The second-order valence-corrected chi connectivity index (χ2v) is 13.0. The van der Waals surface area contributed by atoms with Crippen molar-refractivity contribution in [1.82, 2.24) is 19.7 Å². The van der Waals surface area contributed by atoms with Gasteiger partial charge in [0.25, 0.3) is 11.8 Å². The number of hydrogen-bond acceptors (Lipinski definition) is 10. The molecule has 2 aliphatic heterocycles. The summed E-state index contributed by atoms with van der Waals surface area (Å²) in [6, 6.07) is 11.3. The highest BCUT2D eigenvalue weighted by Crippen LogP contribution is 2.28. The molecule has 3 aromatic rings. The zero-order chi connectivity index (χ0) is 32.0. The Bertz CT molecular complexity index is 1580. The van der Waals surface area contributed by atoms with Gasteiger partial charge in [-0.25, -0.2) is 14.4 Å². The summed E-state index contributed by atoms with van der Waals surface area (Å²) in [5.74, 6) is -1.81. The molecule has 1 N–H and O–H groups in total. The second-order valence-electron chi connectivity index (χ2n) is 13.0. The van der Waals surface area contributed by atoms with Crippen LogP contribution < -0.4 is 4.74 Å². The number of hydrogen-bond donors (Lipinski definition) is 1. The van der Waals surface area contributed by atoms with Crippen molar-refractivity contribution in [2.45, 2.75) is 71.0 Å². The number of fused-ring (bicyclic) bond motifs is 2. The topological polar surface area (TPSA) is 150 Å². The van der Waals surface area contributed by atoms with Crippen molar-refractivity contribution in [3.63, 3.8) is 0 Å². The van der Waals surface area contributed by atoms with Crippen LogP contribution in [-0.4, -0.2) is 91.3 Å². The third-order valence-electron chi connectivity index (χ3n) is 6.66. The molecule has 0 bridgehead atoms. The van der Waals surface area contributed by atoms with Gasteiger partial charge in [0.1, 0.15) is 29.2 Å². The molecular formula is C31H36N4O9. The van der Waals surface area contributed by atoms with Crippen LogP contribution in [0.4, 0.5) is 4.79 Å². The molecule has 0 aliphatic carbocycles. The number of benzene rings is 2. The van der Waals surface area contributed by atoms with Crippen LogP contribution in [0.2, 0.25) is 0 Å². The molecule has 1 atom stereocenters. The Labute approximate surface area is 254 Å². The highest BCUT2D eigenvalue weighted by Gasteiger charge is 2.46. The predicted octanol–water partition coefficient (Wildman–Crippen LogP) is 3.34. The van der Waals surface area contributed by atoms with Crippen LogP contribution in [-0.2, 0) is 25.7 Å². The van der Waals surface area contributed by atoms with Gasteiger partial charge in [0.2, 0.25) is 6.10 Å². The largest absolute Gasteiger partial charge is 0.490 e. The summed E-state index contributed by atoms with van der Waals surface area (Å²) in [6.45, 7) is 10.4. The van der Waals surface area contributed by atoms with Crippen LogP contribution in [0.3, 0.4) is 0 Å². The van der Waals surface area contributed by atoms with Crippen LogP contribution in [0.5, 0.6) is 5.75 Å². The predicted molar refractivity (Wildman–Crippen MR) is 156 cm³/mol. The summed E-state index contributed by atoms with van der Waals surface area (Å²) in [6.07, 6.45) is -0.182. The van der Waals surface area contributed by atoms with E-state index in [1.807, 2.05) is 0 Å². The molecule has 2 aromatic carbocycles. The number of imide groups is 1. The van der Waals surface area contributed by atoms with Gasteiger partial charge < -0.3 is 24.2 Å². The third kappa shape index (κ3) is 6.84. The Morgan fingerprint density at radius 1 is 0.955 bits per heavy atom. The van der Waals surface area contributed by atoms with Crippen LogP contribution in [0.1, 0.15) is 62.3 Å². The third-order valence-corrected chi connectivity index (χ3v) is 6.66. The summed E-state index contributed by atoms with van der Waals surface area (Å²) in [4.78, 5) is 58.0. The van der Waals surface area contributed by atoms with Gasteiger partial charge in [-0.2, -0.15) is 5.10 Å². The van der Waals surface area contributed by atoms with Gasteiger partial charge >= 0.3 is 12.1 Å². The Kier molecular flexibility index (Phi) is 7.89. The Hall–Kier alpha value is -4.49. The first-order chi connectivity index (χ1) is 20.5. The summed E-state index contributed by atoms with van der Waals surface area (Å²) in [5, 5.41) is 16.7. The van der Waals surface area contributed by atoms with E-state index in [0.29, 0.717) is 21.7 Å². The smallest absolute Gasteiger partial charge is 0.410 e. The van der Waals surface area contributed by atoms with Crippen LogP contribution in [0, 0.1) is 0 Å². The average molecular weight is 609 g/mol. The monoisotopic (exact) mass is 608 g/mol. The molecule has 13 nitrogen and oxygen atoms in total. The number of nitrogens with zero attached hydrogens (tertiary/aromatic N) is 4. The zero-order valence-corrected chi connectivity index (χ0v) is 25.5. The van der Waals surface area contributed by atoms with E-state index in [0.717, 1.165) is 0 Å². The van der Waals surface area contributed by atoms with Crippen molar-refractivity contribution in [3.8, 4) is 5.75 Å². The fourth-order valence-corrected chi connectivity index (χ4v) is 4.82. The number of aliphatic hydroxyl groups is 1. The molecule has 234 valence electrons. The molecular weight excluding hydrogens is 572 g/mol. The minimum Gasteiger partial charge on any atom is -0.490 e. The minimum atomic E-state index is -1.43. The molecule has 0 saturated carbocycles. The van der Waals surface area contributed by atoms with Crippen LogP contribution >= 0.6 is 0 Å². The van der Waals surface area contributed by atoms with Crippen molar-refractivity contribution < 1.29 is 43.3 Å². The van der Waals surface area contributed by atoms with Gasteiger partial charge in [0, 0.05) is 11.6 Å². The Morgan fingerprint density at radius 2 is 1.57 bits per heavy atom. The molecule has 1 saturated heterocycles. The van der Waals surface area contributed by atoms with Crippen molar-refractivity contribution in [3.05, 3.63) is 59.8 Å². The van der Waals surface area contributed by atoms with Gasteiger partial charge in [0.15, 0.2) is 0 Å². The van der Waals surface area contributed by atoms with Crippen LogP contribution in [0.25, 0.3) is 10.9 Å². The standard InChI is InChI=1S/C31H36N4O9/c1-29(2,3)42-27(38)24(44-35-25(36)21-9-7-8-10-22(21)26(35)37)15-41-20-11-12-23-19(13-20)14-34(32-23)18-31(40)16-33(17-31)28(39)43-30(4,5)6/h7-14,24,40H,15-18H2,1-6H3/t24-/m0/s1. The lowest BCUT2D eigenvalue weighted by Gasteiger charge is -2.46. The second kappa shape index (κ2) is 11.2. The Morgan fingerprint density at radius 3 is 2.16 bits per heavy atom. The van der Waals surface area contributed by atoms with E-state index in [-0.39, 0.29) is 37.4 Å². The fourth-order valence-electron chi connectivity index (χ4n) is 4.82. The number of esters is 1. The summed E-state index contributed by atoms with van der Waals surface area (Å²) < 4.78 is 18.3. The zero-order valence-electron chi connectivity index (χ0n) is 25.5. The van der Waals surface area contributed by atoms with E-state index >= 15 is 0 Å². The summed E-state index contributed by atoms with van der Waals surface area (Å²) >= 11 is 0. The van der Waals surface area contributed by atoms with Gasteiger partial charge in [-0.1, -0.05) is 12.1 Å². The van der Waals surface area contributed by atoms with E-state index in [1.165, 1.54) is 17.0 Å². The number of β-amino-alcohol motifs (C(OH)–C–C–N with tert-alkyl or cyclic N) is 1. The van der Waals surface area contributed by atoms with Crippen molar-refractivity contribution in [2.24, 2.45) is 0 Å². The lowest BCUT2D eigenvalue weighted by atomic mass is 9.95. The first kappa shape index (κ1) is 31.0. The molecule has 5 rings (SSSR count). The SMILES string of the molecule is CC(C)(C)OC(=O)[C@H](COc1ccc2nn(CC3(O)CN(C(=O)OC(C)(C)C)C3)cc2c1)ON1C(=O)c2ccccc2C1=O. The number of likely N-dealkylation sites (tertiary alicyclic amines) is 1. The van der Waals surface area contributed by atoms with E-state index in [2.05, 4.69) is 5.10 Å². The number of ether oxygens (including phenoxy) is 3. The maximum Gasteiger partial charge on any atom is 0.410 e. The maximum atomic E-state index is 13.0. The van der Waals surface area contributed by atoms with Crippen LogP contribution in [0.15, 0.2) is 48.7 Å². The molecule has 1 fully saturated rings.